The molecular formula is C13H19ClN2. The van der Waals surface area contributed by atoms with Crippen molar-refractivity contribution >= 4 is 11.6 Å². The van der Waals surface area contributed by atoms with Crippen LogP contribution in [0, 0.1) is 0 Å². The van der Waals surface area contributed by atoms with E-state index in [1.54, 1.807) is 0 Å². The molecule has 0 aromatic carbocycles. The van der Waals surface area contributed by atoms with Gasteiger partial charge in [-0.2, -0.15) is 0 Å². The van der Waals surface area contributed by atoms with Gasteiger partial charge in [0.15, 0.2) is 0 Å². The number of rotatable bonds is 2. The third kappa shape index (κ3) is 2.74. The smallest absolute Gasteiger partial charge is 0.129 e. The number of likely N-dealkylation sites (tertiary alicyclic amines) is 1. The molecule has 0 N–H and O–H groups in total. The maximum Gasteiger partial charge on any atom is 0.129 e. The molecular weight excluding hydrogens is 220 g/mol. The van der Waals surface area contributed by atoms with Gasteiger partial charge < -0.3 is 0 Å². The summed E-state index contributed by atoms with van der Waals surface area (Å²) >= 11 is 5.79. The van der Waals surface area contributed by atoms with Gasteiger partial charge in [0.05, 0.1) is 0 Å². The van der Waals surface area contributed by atoms with E-state index < -0.39 is 0 Å². The summed E-state index contributed by atoms with van der Waals surface area (Å²) in [7, 11) is 0. The number of aromatic nitrogens is 1. The molecule has 2 nitrogen and oxygen atoms in total. The van der Waals surface area contributed by atoms with E-state index in [4.69, 9.17) is 11.6 Å². The largest absolute Gasteiger partial charge is 0.294 e. The third-order valence-electron chi connectivity index (χ3n) is 3.53. The molecule has 0 spiro atoms. The summed E-state index contributed by atoms with van der Waals surface area (Å²) in [6, 6.07) is 5.30. The molecule has 88 valence electrons. The van der Waals surface area contributed by atoms with Gasteiger partial charge in [0.1, 0.15) is 5.15 Å². The van der Waals surface area contributed by atoms with Crippen LogP contribution in [0.4, 0.5) is 0 Å². The first-order chi connectivity index (χ1) is 7.66. The van der Waals surface area contributed by atoms with Crippen molar-refractivity contribution in [2.24, 2.45) is 0 Å². The second-order valence-corrected chi connectivity index (χ2v) is 5.18. The molecule has 1 aromatic rings. The zero-order chi connectivity index (χ0) is 11.5. The summed E-state index contributed by atoms with van der Waals surface area (Å²) in [5, 5.41) is 0.573. The van der Waals surface area contributed by atoms with Gasteiger partial charge in [0, 0.05) is 24.8 Å². The van der Waals surface area contributed by atoms with E-state index in [0.717, 1.165) is 6.54 Å². The Labute approximate surface area is 103 Å². The lowest BCUT2D eigenvalue weighted by molar-refractivity contribution is 0.0952. The van der Waals surface area contributed by atoms with Crippen molar-refractivity contribution in [1.29, 1.82) is 0 Å². The molecule has 1 aromatic heterocycles. The van der Waals surface area contributed by atoms with Crippen molar-refractivity contribution in [3.63, 3.8) is 0 Å². The predicted molar refractivity (Wildman–Crippen MR) is 67.6 cm³/mol. The Morgan fingerprint density at radius 2 is 2.00 bits per heavy atom. The lowest BCUT2D eigenvalue weighted by Gasteiger charge is -2.39. The van der Waals surface area contributed by atoms with Gasteiger partial charge in [-0.25, -0.2) is 4.98 Å². The third-order valence-corrected chi connectivity index (χ3v) is 3.75. The van der Waals surface area contributed by atoms with Crippen LogP contribution < -0.4 is 0 Å². The molecule has 1 saturated heterocycles. The van der Waals surface area contributed by atoms with Gasteiger partial charge in [-0.3, -0.25) is 4.90 Å². The molecule has 1 aliphatic rings. The van der Waals surface area contributed by atoms with Crippen LogP contribution in [-0.4, -0.2) is 22.0 Å². The van der Waals surface area contributed by atoms with Crippen LogP contribution in [0.1, 0.15) is 38.7 Å². The standard InChI is InChI=1S/C13H19ClN2/c1-10-4-3-5-11(2)16(10)9-12-6-7-13(14)15-8-12/h6-8,10-11H,3-5,9H2,1-2H3. The minimum absolute atomic E-state index is 0.573. The number of hydrogen-bond acceptors (Lipinski definition) is 2. The summed E-state index contributed by atoms with van der Waals surface area (Å²) in [5.41, 5.74) is 1.25. The molecule has 0 aliphatic carbocycles. The van der Waals surface area contributed by atoms with E-state index in [1.807, 2.05) is 12.3 Å². The zero-order valence-corrected chi connectivity index (χ0v) is 10.7. The Hall–Kier alpha value is -0.600. The minimum atomic E-state index is 0.573. The zero-order valence-electron chi connectivity index (χ0n) is 9.99. The highest BCUT2D eigenvalue weighted by Gasteiger charge is 2.24. The van der Waals surface area contributed by atoms with Crippen LogP contribution in [-0.2, 0) is 6.54 Å². The average molecular weight is 239 g/mol. The van der Waals surface area contributed by atoms with Crippen molar-refractivity contribution in [2.45, 2.75) is 51.7 Å². The van der Waals surface area contributed by atoms with Crippen LogP contribution in [0.2, 0.25) is 5.15 Å². The van der Waals surface area contributed by atoms with Gasteiger partial charge in [-0.05, 0) is 38.3 Å². The summed E-state index contributed by atoms with van der Waals surface area (Å²) < 4.78 is 0. The number of nitrogens with zero attached hydrogens (tertiary/aromatic N) is 2. The number of pyridine rings is 1. The summed E-state index contributed by atoms with van der Waals surface area (Å²) in [5.74, 6) is 0. The second kappa shape index (κ2) is 5.15. The molecule has 0 saturated carbocycles. The number of hydrogen-bond donors (Lipinski definition) is 0. The van der Waals surface area contributed by atoms with Gasteiger partial charge in [-0.15, -0.1) is 0 Å². The van der Waals surface area contributed by atoms with Crippen molar-refractivity contribution in [2.75, 3.05) is 0 Å². The molecule has 1 aliphatic heterocycles. The van der Waals surface area contributed by atoms with Crippen molar-refractivity contribution in [3.8, 4) is 0 Å². The number of piperidine rings is 1. The molecule has 16 heavy (non-hydrogen) atoms. The highest BCUT2D eigenvalue weighted by molar-refractivity contribution is 6.29. The van der Waals surface area contributed by atoms with Crippen molar-refractivity contribution in [1.82, 2.24) is 9.88 Å². The van der Waals surface area contributed by atoms with Crippen molar-refractivity contribution in [3.05, 3.63) is 29.0 Å². The van der Waals surface area contributed by atoms with Gasteiger partial charge in [-0.1, -0.05) is 24.1 Å². The van der Waals surface area contributed by atoms with Gasteiger partial charge in [0.25, 0.3) is 0 Å². The lowest BCUT2D eigenvalue weighted by Crippen LogP contribution is -2.42. The van der Waals surface area contributed by atoms with Crippen molar-refractivity contribution < 1.29 is 0 Å². The van der Waals surface area contributed by atoms with Crippen LogP contribution in [0.25, 0.3) is 0 Å². The maximum absolute atomic E-state index is 5.79. The quantitative estimate of drug-likeness (QED) is 0.734. The summed E-state index contributed by atoms with van der Waals surface area (Å²) in [4.78, 5) is 6.70. The Morgan fingerprint density at radius 1 is 1.31 bits per heavy atom. The lowest BCUT2D eigenvalue weighted by atomic mass is 9.97. The van der Waals surface area contributed by atoms with Crippen LogP contribution in [0.5, 0.6) is 0 Å². The highest BCUT2D eigenvalue weighted by Crippen LogP contribution is 2.24. The molecule has 2 rings (SSSR count). The van der Waals surface area contributed by atoms with E-state index in [2.05, 4.69) is 29.8 Å². The van der Waals surface area contributed by atoms with E-state index in [0.29, 0.717) is 17.2 Å². The molecule has 2 atom stereocenters. The monoisotopic (exact) mass is 238 g/mol. The predicted octanol–water partition coefficient (Wildman–Crippen LogP) is 3.50. The SMILES string of the molecule is CC1CCCC(C)N1Cc1ccc(Cl)nc1. The first-order valence-corrected chi connectivity index (χ1v) is 6.41. The molecule has 2 unspecified atom stereocenters. The molecule has 1 fully saturated rings. The Morgan fingerprint density at radius 3 is 2.56 bits per heavy atom. The van der Waals surface area contributed by atoms with E-state index in [1.165, 1.54) is 24.8 Å². The maximum atomic E-state index is 5.79. The topological polar surface area (TPSA) is 16.1 Å². The Bertz CT molecular complexity index is 326. The van der Waals surface area contributed by atoms with Gasteiger partial charge in [0.2, 0.25) is 0 Å². The summed E-state index contributed by atoms with van der Waals surface area (Å²) in [6.07, 6.45) is 5.87. The fraction of sp³-hybridized carbons (Fsp3) is 0.615. The van der Waals surface area contributed by atoms with Crippen LogP contribution in [0.15, 0.2) is 18.3 Å². The average Bonchev–Trinajstić information content (AvgIpc) is 2.26. The molecule has 0 amide bonds. The molecule has 0 radical (unpaired) electrons. The molecule has 3 heteroatoms. The fourth-order valence-corrected chi connectivity index (χ4v) is 2.61. The van der Waals surface area contributed by atoms with Crippen LogP contribution >= 0.6 is 11.6 Å². The second-order valence-electron chi connectivity index (χ2n) is 4.79. The van der Waals surface area contributed by atoms with E-state index in [9.17, 15) is 0 Å². The summed E-state index contributed by atoms with van der Waals surface area (Å²) in [6.45, 7) is 5.63. The minimum Gasteiger partial charge on any atom is -0.294 e. The Kier molecular flexibility index (Phi) is 3.82. The molecule has 2 heterocycles. The first-order valence-electron chi connectivity index (χ1n) is 6.03. The fourth-order valence-electron chi connectivity index (χ4n) is 2.50. The first kappa shape index (κ1) is 11.9. The molecule has 0 bridgehead atoms. The van der Waals surface area contributed by atoms with E-state index >= 15 is 0 Å². The normalized spacial score (nSPS) is 26.9. The number of halogens is 1. The van der Waals surface area contributed by atoms with Gasteiger partial charge >= 0.3 is 0 Å². The van der Waals surface area contributed by atoms with E-state index in [-0.39, 0.29) is 0 Å². The Balaban J connectivity index is 2.04. The highest BCUT2D eigenvalue weighted by atomic mass is 35.5. The van der Waals surface area contributed by atoms with Crippen LogP contribution in [0.3, 0.4) is 0 Å².